The summed E-state index contributed by atoms with van der Waals surface area (Å²) in [6.07, 6.45) is 0.712. The van der Waals surface area contributed by atoms with Crippen LogP contribution in [0.4, 0.5) is 0 Å². The number of carbonyl (C=O) groups is 2. The van der Waals surface area contributed by atoms with Crippen LogP contribution < -0.4 is 5.32 Å². The first-order valence-electron chi connectivity index (χ1n) is 5.00. The van der Waals surface area contributed by atoms with Crippen LogP contribution in [0.2, 0.25) is 0 Å². The van der Waals surface area contributed by atoms with Crippen molar-refractivity contribution in [3.8, 4) is 0 Å². The molecule has 3 N–H and O–H groups in total. The van der Waals surface area contributed by atoms with Crippen molar-refractivity contribution in [2.24, 2.45) is 0 Å². The third-order valence-corrected chi connectivity index (χ3v) is 2.42. The molecule has 86 valence electrons. The lowest BCUT2D eigenvalue weighted by Crippen LogP contribution is -2.54. The van der Waals surface area contributed by atoms with Crippen LogP contribution in [-0.2, 0) is 9.59 Å². The Labute approximate surface area is 87.9 Å². The largest absolute Gasteiger partial charge is 0.481 e. The second-order valence-corrected chi connectivity index (χ2v) is 3.64. The van der Waals surface area contributed by atoms with Gasteiger partial charge in [-0.1, -0.05) is 0 Å². The van der Waals surface area contributed by atoms with Gasteiger partial charge < -0.3 is 15.5 Å². The number of hydrogen-bond acceptors (Lipinski definition) is 4. The number of carboxylic acids is 2. The highest BCUT2D eigenvalue weighted by atomic mass is 16.4. The summed E-state index contributed by atoms with van der Waals surface area (Å²) in [6, 6.07) is -0.524. The van der Waals surface area contributed by atoms with Gasteiger partial charge in [-0.2, -0.15) is 0 Å². The molecule has 0 saturated carbocycles. The summed E-state index contributed by atoms with van der Waals surface area (Å²) in [5, 5.41) is 20.1. The van der Waals surface area contributed by atoms with Crippen molar-refractivity contribution in [3.05, 3.63) is 0 Å². The van der Waals surface area contributed by atoms with Gasteiger partial charge in [0.2, 0.25) is 0 Å². The van der Waals surface area contributed by atoms with Gasteiger partial charge in [-0.15, -0.1) is 0 Å². The lowest BCUT2D eigenvalue weighted by atomic mass is 10.2. The molecule has 0 unspecified atom stereocenters. The van der Waals surface area contributed by atoms with E-state index in [0.717, 1.165) is 6.54 Å². The van der Waals surface area contributed by atoms with Gasteiger partial charge in [-0.25, -0.2) is 0 Å². The van der Waals surface area contributed by atoms with Gasteiger partial charge in [0, 0.05) is 26.1 Å². The minimum atomic E-state index is -0.849. The third kappa shape index (κ3) is 4.26. The zero-order valence-corrected chi connectivity index (χ0v) is 8.48. The number of aliphatic carboxylic acids is 2. The minimum absolute atomic E-state index is 0.141. The van der Waals surface area contributed by atoms with Gasteiger partial charge in [0.25, 0.3) is 0 Å². The molecule has 6 heteroatoms. The maximum absolute atomic E-state index is 10.7. The molecule has 0 bridgehead atoms. The van der Waals surface area contributed by atoms with E-state index in [-0.39, 0.29) is 6.42 Å². The van der Waals surface area contributed by atoms with Crippen LogP contribution in [0.1, 0.15) is 12.8 Å². The van der Waals surface area contributed by atoms with Gasteiger partial charge >= 0.3 is 11.9 Å². The van der Waals surface area contributed by atoms with Crippen molar-refractivity contribution in [3.63, 3.8) is 0 Å². The molecule has 0 aromatic carbocycles. The van der Waals surface area contributed by atoms with Gasteiger partial charge in [-0.05, 0) is 13.0 Å². The Kier molecular flexibility index (Phi) is 4.51. The van der Waals surface area contributed by atoms with Crippen molar-refractivity contribution in [1.82, 2.24) is 10.2 Å². The number of nitrogens with one attached hydrogen (secondary N) is 1. The molecule has 1 rings (SSSR count). The van der Waals surface area contributed by atoms with E-state index in [0.29, 0.717) is 26.1 Å². The fourth-order valence-electron chi connectivity index (χ4n) is 1.63. The maximum Gasteiger partial charge on any atom is 0.322 e. The molecule has 1 aliphatic heterocycles. The van der Waals surface area contributed by atoms with E-state index >= 15 is 0 Å². The molecule has 0 amide bonds. The van der Waals surface area contributed by atoms with Gasteiger partial charge in [0.1, 0.15) is 6.04 Å². The molecule has 1 saturated heterocycles. The summed E-state index contributed by atoms with van der Waals surface area (Å²) in [5.41, 5.74) is 0. The first-order chi connectivity index (χ1) is 7.09. The Morgan fingerprint density at radius 1 is 1.40 bits per heavy atom. The van der Waals surface area contributed by atoms with E-state index in [1.807, 2.05) is 4.90 Å². The van der Waals surface area contributed by atoms with Gasteiger partial charge in [-0.3, -0.25) is 14.5 Å². The number of hydrogen-bond donors (Lipinski definition) is 3. The Morgan fingerprint density at radius 2 is 2.13 bits per heavy atom. The topological polar surface area (TPSA) is 89.9 Å². The Balaban J connectivity index is 2.24. The SMILES string of the molecule is O=C(O)CCCN1CCN[C@@H](C(=O)O)C1. The minimum Gasteiger partial charge on any atom is -0.481 e. The Hall–Kier alpha value is -1.14. The molecule has 1 heterocycles. The molecule has 0 radical (unpaired) electrons. The number of nitrogens with zero attached hydrogens (tertiary/aromatic N) is 1. The predicted octanol–water partition coefficient (Wildman–Crippen LogP) is -0.790. The molecule has 0 aromatic heterocycles. The molecule has 0 spiro atoms. The quantitative estimate of drug-likeness (QED) is 0.558. The second-order valence-electron chi connectivity index (χ2n) is 3.64. The average Bonchev–Trinajstić information content (AvgIpc) is 2.17. The van der Waals surface area contributed by atoms with E-state index in [1.165, 1.54) is 0 Å². The summed E-state index contributed by atoms with van der Waals surface area (Å²) >= 11 is 0. The molecule has 1 atom stereocenters. The fraction of sp³-hybridized carbons (Fsp3) is 0.778. The highest BCUT2D eigenvalue weighted by Crippen LogP contribution is 2.02. The van der Waals surface area contributed by atoms with Crippen molar-refractivity contribution < 1.29 is 19.8 Å². The average molecular weight is 216 g/mol. The highest BCUT2D eigenvalue weighted by Gasteiger charge is 2.24. The van der Waals surface area contributed by atoms with E-state index in [9.17, 15) is 9.59 Å². The monoisotopic (exact) mass is 216 g/mol. The van der Waals surface area contributed by atoms with E-state index < -0.39 is 18.0 Å². The number of carboxylic acid groups (broad SMARTS) is 2. The maximum atomic E-state index is 10.7. The van der Waals surface area contributed by atoms with E-state index in [4.69, 9.17) is 10.2 Å². The van der Waals surface area contributed by atoms with Crippen LogP contribution >= 0.6 is 0 Å². The van der Waals surface area contributed by atoms with Crippen molar-refractivity contribution >= 4 is 11.9 Å². The normalized spacial score (nSPS) is 22.5. The second kappa shape index (κ2) is 5.67. The molecule has 6 nitrogen and oxygen atoms in total. The first-order valence-corrected chi connectivity index (χ1v) is 5.00. The van der Waals surface area contributed by atoms with Crippen molar-refractivity contribution in [2.45, 2.75) is 18.9 Å². The number of piperazine rings is 1. The lowest BCUT2D eigenvalue weighted by molar-refractivity contribution is -0.141. The lowest BCUT2D eigenvalue weighted by Gasteiger charge is -2.31. The van der Waals surface area contributed by atoms with Gasteiger partial charge in [0.05, 0.1) is 0 Å². The summed E-state index contributed by atoms with van der Waals surface area (Å²) < 4.78 is 0. The smallest absolute Gasteiger partial charge is 0.322 e. The molecular formula is C9H16N2O4. The summed E-state index contributed by atoms with van der Waals surface area (Å²) in [6.45, 7) is 2.53. The van der Waals surface area contributed by atoms with Crippen LogP contribution in [0.15, 0.2) is 0 Å². The molecule has 1 aliphatic rings. The van der Waals surface area contributed by atoms with Crippen LogP contribution in [0.25, 0.3) is 0 Å². The van der Waals surface area contributed by atoms with Crippen LogP contribution in [-0.4, -0.2) is 59.3 Å². The fourth-order valence-corrected chi connectivity index (χ4v) is 1.63. The summed E-state index contributed by atoms with van der Waals surface area (Å²) in [5.74, 6) is -1.65. The predicted molar refractivity (Wildman–Crippen MR) is 52.7 cm³/mol. The van der Waals surface area contributed by atoms with Crippen LogP contribution in [0, 0.1) is 0 Å². The van der Waals surface area contributed by atoms with Gasteiger partial charge in [0.15, 0.2) is 0 Å². The summed E-state index contributed by atoms with van der Waals surface area (Å²) in [7, 11) is 0. The standard InChI is InChI=1S/C9H16N2O4/c12-8(13)2-1-4-11-5-3-10-7(6-11)9(14)15/h7,10H,1-6H2,(H,12,13)(H,14,15)/t7-/m1/s1. The molecular weight excluding hydrogens is 200 g/mol. The highest BCUT2D eigenvalue weighted by molar-refractivity contribution is 5.73. The zero-order valence-electron chi connectivity index (χ0n) is 8.48. The molecule has 0 aliphatic carbocycles. The first kappa shape index (κ1) is 11.9. The third-order valence-electron chi connectivity index (χ3n) is 2.42. The van der Waals surface area contributed by atoms with Crippen molar-refractivity contribution in [2.75, 3.05) is 26.2 Å². The summed E-state index contributed by atoms with van der Waals surface area (Å²) in [4.78, 5) is 23.0. The Morgan fingerprint density at radius 3 is 2.73 bits per heavy atom. The zero-order chi connectivity index (χ0) is 11.3. The van der Waals surface area contributed by atoms with Crippen molar-refractivity contribution in [1.29, 1.82) is 0 Å². The number of rotatable bonds is 5. The van der Waals surface area contributed by atoms with E-state index in [1.54, 1.807) is 0 Å². The molecule has 1 fully saturated rings. The van der Waals surface area contributed by atoms with E-state index in [2.05, 4.69) is 5.32 Å². The molecule has 15 heavy (non-hydrogen) atoms. The molecule has 0 aromatic rings. The van der Waals surface area contributed by atoms with Crippen LogP contribution in [0.5, 0.6) is 0 Å². The van der Waals surface area contributed by atoms with Crippen LogP contribution in [0.3, 0.4) is 0 Å². The Bertz CT molecular complexity index is 244.